The number of hydrogen-bond acceptors (Lipinski definition) is 5. The van der Waals surface area contributed by atoms with Crippen molar-refractivity contribution in [1.29, 1.82) is 0 Å². The molecule has 70 valence electrons. The van der Waals surface area contributed by atoms with Gasteiger partial charge in [0.15, 0.2) is 0 Å². The van der Waals surface area contributed by atoms with Gasteiger partial charge in [-0.25, -0.2) is 0 Å². The highest BCUT2D eigenvalue weighted by atomic mass is 31.2. The Morgan fingerprint density at radius 2 is 1.42 bits per heavy atom. The summed E-state index contributed by atoms with van der Waals surface area (Å²) in [6.45, 7) is 6.82. The molecule has 0 heterocycles. The van der Waals surface area contributed by atoms with Crippen LogP contribution in [0.15, 0.2) is 25.3 Å². The lowest BCUT2D eigenvalue weighted by Gasteiger charge is -2.17. The van der Waals surface area contributed by atoms with E-state index >= 15 is 0 Å². The van der Waals surface area contributed by atoms with E-state index in [0.29, 0.717) is 0 Å². The first-order chi connectivity index (χ1) is 5.60. The summed E-state index contributed by atoms with van der Waals surface area (Å²) in [5.41, 5.74) is 16.1. The highest BCUT2D eigenvalue weighted by Crippen LogP contribution is 2.30. The first-order valence-electron chi connectivity index (χ1n) is 3.24. The molecule has 5 nitrogen and oxygen atoms in total. The van der Waals surface area contributed by atoms with E-state index in [0.717, 1.165) is 0 Å². The van der Waals surface area contributed by atoms with Crippen molar-refractivity contribution in [2.24, 2.45) is 17.0 Å². The van der Waals surface area contributed by atoms with E-state index in [1.807, 2.05) is 0 Å². The van der Waals surface area contributed by atoms with Gasteiger partial charge in [0.1, 0.15) is 12.5 Å². The third kappa shape index (κ3) is 5.37. The second-order valence-electron chi connectivity index (χ2n) is 1.90. The molecule has 6 N–H and O–H groups in total. The van der Waals surface area contributed by atoms with Gasteiger partial charge in [-0.3, -0.25) is 14.6 Å². The summed E-state index contributed by atoms with van der Waals surface area (Å²) < 4.78 is 9.85. The summed E-state index contributed by atoms with van der Waals surface area (Å²) >= 11 is 0. The van der Waals surface area contributed by atoms with Crippen molar-refractivity contribution >= 4 is 8.53 Å². The highest BCUT2D eigenvalue weighted by Gasteiger charge is 2.10. The summed E-state index contributed by atoms with van der Waals surface area (Å²) in [6.07, 6.45) is 1.56. The monoisotopic (exact) mass is 191 g/mol. The maximum Gasteiger partial charge on any atom is 0.256 e. The van der Waals surface area contributed by atoms with E-state index in [4.69, 9.17) is 26.0 Å². The molecule has 0 bridgehead atoms. The number of rotatable bonds is 6. The van der Waals surface area contributed by atoms with Gasteiger partial charge in [-0.05, 0) is 12.2 Å². The minimum Gasteiger partial charge on any atom is -0.302 e. The standard InChI is InChI=1S/C6H14N3O2P/c1-3-5(7)10-12(9)11-6(8)4-2/h3-6H,1-2,7-9H2. The Hall–Kier alpha value is -0.290. The molecule has 0 aromatic heterocycles. The lowest BCUT2D eigenvalue weighted by molar-refractivity contribution is 0.192. The van der Waals surface area contributed by atoms with Gasteiger partial charge in [0, 0.05) is 0 Å². The molecule has 0 amide bonds. The van der Waals surface area contributed by atoms with Crippen LogP contribution in [0.25, 0.3) is 0 Å². The van der Waals surface area contributed by atoms with Gasteiger partial charge in [0.25, 0.3) is 8.53 Å². The Morgan fingerprint density at radius 1 is 1.08 bits per heavy atom. The van der Waals surface area contributed by atoms with Crippen molar-refractivity contribution in [3.05, 3.63) is 25.3 Å². The third-order valence-corrected chi connectivity index (χ3v) is 1.82. The fourth-order valence-electron chi connectivity index (χ4n) is 0.351. The molecule has 0 aromatic rings. The zero-order valence-corrected chi connectivity index (χ0v) is 7.61. The van der Waals surface area contributed by atoms with E-state index in [1.54, 1.807) is 0 Å². The normalized spacial score (nSPS) is 17.9. The van der Waals surface area contributed by atoms with Gasteiger partial charge in [0.2, 0.25) is 0 Å². The van der Waals surface area contributed by atoms with Crippen LogP contribution in [0.2, 0.25) is 0 Å². The molecular formula is C6H14N3O2P. The minimum absolute atomic E-state index is 0.627. The molecular weight excluding hydrogens is 177 g/mol. The van der Waals surface area contributed by atoms with Crippen molar-refractivity contribution in [1.82, 2.24) is 0 Å². The van der Waals surface area contributed by atoms with Crippen molar-refractivity contribution in [3.63, 3.8) is 0 Å². The Kier molecular flexibility index (Phi) is 6.10. The second-order valence-corrected chi connectivity index (χ2v) is 2.89. The minimum atomic E-state index is -1.56. The molecule has 0 aliphatic heterocycles. The highest BCUT2D eigenvalue weighted by molar-refractivity contribution is 7.44. The van der Waals surface area contributed by atoms with Crippen LogP contribution < -0.4 is 17.0 Å². The molecule has 0 aliphatic carbocycles. The molecule has 0 saturated carbocycles. The molecule has 2 atom stereocenters. The van der Waals surface area contributed by atoms with Crippen LogP contribution in [0.4, 0.5) is 0 Å². The van der Waals surface area contributed by atoms with Crippen LogP contribution >= 0.6 is 8.53 Å². The van der Waals surface area contributed by atoms with E-state index in [1.165, 1.54) is 12.2 Å². The Labute approximate surface area is 73.2 Å². The van der Waals surface area contributed by atoms with Gasteiger partial charge in [-0.2, -0.15) is 0 Å². The summed E-state index contributed by atoms with van der Waals surface area (Å²) in [4.78, 5) is 0. The van der Waals surface area contributed by atoms with E-state index in [9.17, 15) is 0 Å². The van der Waals surface area contributed by atoms with E-state index in [2.05, 4.69) is 13.2 Å². The maximum atomic E-state index is 5.39. The zero-order chi connectivity index (χ0) is 9.56. The number of nitrogens with two attached hydrogens (primary N) is 3. The fourth-order valence-corrected chi connectivity index (χ4v) is 1.05. The largest absolute Gasteiger partial charge is 0.302 e. The van der Waals surface area contributed by atoms with E-state index in [-0.39, 0.29) is 0 Å². The molecule has 12 heavy (non-hydrogen) atoms. The first kappa shape index (κ1) is 11.7. The molecule has 0 aliphatic rings. The predicted octanol–water partition coefficient (Wildman–Crippen LogP) is 0.147. The van der Waals surface area contributed by atoms with Gasteiger partial charge in [-0.15, -0.1) is 0 Å². The molecule has 0 fully saturated rings. The van der Waals surface area contributed by atoms with Gasteiger partial charge in [-0.1, -0.05) is 13.2 Å². The van der Waals surface area contributed by atoms with Crippen LogP contribution in [0.1, 0.15) is 0 Å². The van der Waals surface area contributed by atoms with Crippen molar-refractivity contribution in [2.45, 2.75) is 12.5 Å². The molecule has 0 saturated heterocycles. The average Bonchev–Trinajstić information content (AvgIpc) is 2.03. The van der Waals surface area contributed by atoms with Crippen LogP contribution in [-0.2, 0) is 9.05 Å². The van der Waals surface area contributed by atoms with Crippen molar-refractivity contribution in [3.8, 4) is 0 Å². The van der Waals surface area contributed by atoms with Gasteiger partial charge >= 0.3 is 0 Å². The lowest BCUT2D eigenvalue weighted by Crippen LogP contribution is -2.24. The smallest absolute Gasteiger partial charge is 0.256 e. The van der Waals surface area contributed by atoms with Crippen LogP contribution in [0.5, 0.6) is 0 Å². The van der Waals surface area contributed by atoms with Crippen molar-refractivity contribution in [2.75, 3.05) is 0 Å². The van der Waals surface area contributed by atoms with E-state index < -0.39 is 21.0 Å². The summed E-state index contributed by atoms with van der Waals surface area (Å²) in [7, 11) is -1.56. The van der Waals surface area contributed by atoms with Gasteiger partial charge < -0.3 is 11.5 Å². The van der Waals surface area contributed by atoms with Crippen LogP contribution in [-0.4, -0.2) is 12.5 Å². The summed E-state index contributed by atoms with van der Waals surface area (Å²) in [5, 5.41) is 0. The van der Waals surface area contributed by atoms with Gasteiger partial charge in [0.05, 0.1) is 0 Å². The second kappa shape index (κ2) is 6.25. The molecule has 0 radical (unpaired) electrons. The Morgan fingerprint density at radius 3 is 1.67 bits per heavy atom. The lowest BCUT2D eigenvalue weighted by atomic mass is 10.6. The molecule has 2 unspecified atom stereocenters. The Bertz CT molecular complexity index is 140. The summed E-state index contributed by atoms with van der Waals surface area (Å²) in [5.74, 6) is 0. The zero-order valence-electron chi connectivity index (χ0n) is 6.72. The quantitative estimate of drug-likeness (QED) is 0.315. The van der Waals surface area contributed by atoms with Crippen molar-refractivity contribution < 1.29 is 9.05 Å². The summed E-state index contributed by atoms with van der Waals surface area (Å²) in [6, 6.07) is 0. The maximum absolute atomic E-state index is 5.39. The SMILES string of the molecule is C=CC(N)OP(N)OC(N)C=C. The first-order valence-corrected chi connectivity index (χ1v) is 4.49. The molecule has 6 heteroatoms. The Balaban J connectivity index is 3.64. The van der Waals surface area contributed by atoms with Crippen LogP contribution in [0, 0.1) is 0 Å². The topological polar surface area (TPSA) is 96.5 Å². The average molecular weight is 191 g/mol. The number of hydrogen-bond donors (Lipinski definition) is 3. The third-order valence-electron chi connectivity index (χ3n) is 0.916. The molecule has 0 rings (SSSR count). The van der Waals surface area contributed by atoms with Crippen LogP contribution in [0.3, 0.4) is 0 Å². The fraction of sp³-hybridized carbons (Fsp3) is 0.333. The molecule has 0 aromatic carbocycles. The molecule has 0 spiro atoms. The predicted molar refractivity (Wildman–Crippen MR) is 49.6 cm³/mol.